The number of hydrogen-bond acceptors (Lipinski definition) is 3. The molecule has 0 aromatic heterocycles. The molecule has 1 aromatic rings. The predicted molar refractivity (Wildman–Crippen MR) is 78.3 cm³/mol. The second-order valence-electron chi connectivity index (χ2n) is 5.02. The number of halogens is 3. The average molecular weight is 321 g/mol. The van der Waals surface area contributed by atoms with Gasteiger partial charge in [0.25, 0.3) is 5.91 Å². The summed E-state index contributed by atoms with van der Waals surface area (Å²) < 4.78 is 28.7. The molecule has 2 unspecified atom stereocenters. The molecule has 118 valence electrons. The zero-order chi connectivity index (χ0) is 14.7. The Bertz CT molecular complexity index is 488. The summed E-state index contributed by atoms with van der Waals surface area (Å²) in [7, 11) is 0. The van der Waals surface area contributed by atoms with Crippen molar-refractivity contribution in [3.8, 4) is 5.75 Å². The van der Waals surface area contributed by atoms with Crippen LogP contribution >= 0.6 is 12.4 Å². The summed E-state index contributed by atoms with van der Waals surface area (Å²) in [6.45, 7) is 2.39. The van der Waals surface area contributed by atoms with E-state index in [9.17, 15) is 13.6 Å². The third-order valence-electron chi connectivity index (χ3n) is 3.33. The highest BCUT2D eigenvalue weighted by Gasteiger charge is 2.27. The Morgan fingerprint density at radius 3 is 2.81 bits per heavy atom. The lowest BCUT2D eigenvalue weighted by molar-refractivity contribution is -0.0499. The second kappa shape index (κ2) is 7.56. The number of ether oxygens (including phenoxy) is 1. The first-order valence-electron chi connectivity index (χ1n) is 6.56. The zero-order valence-corrected chi connectivity index (χ0v) is 12.7. The highest BCUT2D eigenvalue weighted by molar-refractivity contribution is 5.95. The Morgan fingerprint density at radius 1 is 1.43 bits per heavy atom. The van der Waals surface area contributed by atoms with Gasteiger partial charge >= 0.3 is 6.61 Å². The van der Waals surface area contributed by atoms with Crippen LogP contribution in [0.15, 0.2) is 24.3 Å². The molecule has 1 amide bonds. The minimum Gasteiger partial charge on any atom is -0.435 e. The largest absolute Gasteiger partial charge is 0.435 e. The number of rotatable bonds is 3. The van der Waals surface area contributed by atoms with Crippen molar-refractivity contribution in [2.24, 2.45) is 0 Å². The number of piperazine rings is 1. The number of alkyl halides is 2. The van der Waals surface area contributed by atoms with Gasteiger partial charge in [-0.3, -0.25) is 4.79 Å². The lowest BCUT2D eigenvalue weighted by Gasteiger charge is -2.37. The number of hydrogen-bond donors (Lipinski definition) is 1. The second-order valence-corrected chi connectivity index (χ2v) is 5.02. The van der Waals surface area contributed by atoms with E-state index in [-0.39, 0.29) is 36.1 Å². The minimum absolute atomic E-state index is 0. The summed E-state index contributed by atoms with van der Waals surface area (Å²) >= 11 is 0. The van der Waals surface area contributed by atoms with Gasteiger partial charge in [-0.15, -0.1) is 12.4 Å². The van der Waals surface area contributed by atoms with E-state index in [0.29, 0.717) is 12.1 Å². The maximum absolute atomic E-state index is 12.4. The first-order valence-corrected chi connectivity index (χ1v) is 6.56. The molecule has 0 bridgehead atoms. The van der Waals surface area contributed by atoms with Gasteiger partial charge in [-0.25, -0.2) is 0 Å². The van der Waals surface area contributed by atoms with Gasteiger partial charge in [0.15, 0.2) is 0 Å². The molecular weight excluding hydrogens is 302 g/mol. The van der Waals surface area contributed by atoms with Crippen molar-refractivity contribution in [1.29, 1.82) is 0 Å². The highest BCUT2D eigenvalue weighted by Crippen LogP contribution is 2.19. The SMILES string of the molecule is CC1CN(C(=O)c2cccc(OC(F)F)c2)C(C)CN1.Cl. The molecule has 1 saturated heterocycles. The Hall–Kier alpha value is -1.40. The molecule has 1 heterocycles. The molecule has 1 aromatic carbocycles. The predicted octanol–water partition coefficient (Wildman–Crippen LogP) is 2.53. The molecule has 21 heavy (non-hydrogen) atoms. The van der Waals surface area contributed by atoms with E-state index in [0.717, 1.165) is 6.54 Å². The van der Waals surface area contributed by atoms with E-state index in [1.165, 1.54) is 12.1 Å². The Balaban J connectivity index is 0.00000220. The maximum Gasteiger partial charge on any atom is 0.387 e. The van der Waals surface area contributed by atoms with Crippen molar-refractivity contribution >= 4 is 18.3 Å². The summed E-state index contributed by atoms with van der Waals surface area (Å²) in [5.41, 5.74) is 0.365. The first-order chi connectivity index (χ1) is 9.47. The van der Waals surface area contributed by atoms with Crippen molar-refractivity contribution in [1.82, 2.24) is 10.2 Å². The van der Waals surface area contributed by atoms with Gasteiger partial charge in [-0.2, -0.15) is 8.78 Å². The monoisotopic (exact) mass is 320 g/mol. The minimum atomic E-state index is -2.89. The van der Waals surface area contributed by atoms with Crippen molar-refractivity contribution in [2.75, 3.05) is 13.1 Å². The third-order valence-corrected chi connectivity index (χ3v) is 3.33. The molecule has 1 aliphatic rings. The number of amides is 1. The van der Waals surface area contributed by atoms with Crippen molar-refractivity contribution in [3.63, 3.8) is 0 Å². The van der Waals surface area contributed by atoms with Crippen LogP contribution in [0.25, 0.3) is 0 Å². The molecule has 4 nitrogen and oxygen atoms in total. The van der Waals surface area contributed by atoms with Gasteiger partial charge < -0.3 is 15.0 Å². The van der Waals surface area contributed by atoms with E-state index < -0.39 is 6.61 Å². The number of benzene rings is 1. The standard InChI is InChI=1S/C14H18F2N2O2.ClH/c1-9-8-18(10(2)7-17-9)13(19)11-4-3-5-12(6-11)20-14(15)16;/h3-6,9-10,14,17H,7-8H2,1-2H3;1H. The quantitative estimate of drug-likeness (QED) is 0.930. The smallest absolute Gasteiger partial charge is 0.387 e. The van der Waals surface area contributed by atoms with Crippen LogP contribution in [0.3, 0.4) is 0 Å². The molecule has 0 radical (unpaired) electrons. The van der Waals surface area contributed by atoms with Crippen LogP contribution in [0.4, 0.5) is 8.78 Å². The molecule has 7 heteroatoms. The lowest BCUT2D eigenvalue weighted by Crippen LogP contribution is -2.56. The Kier molecular flexibility index (Phi) is 6.36. The molecule has 2 rings (SSSR count). The van der Waals surface area contributed by atoms with Gasteiger partial charge in [0.2, 0.25) is 0 Å². The molecular formula is C14H19ClF2N2O2. The lowest BCUT2D eigenvalue weighted by atomic mass is 10.1. The van der Waals surface area contributed by atoms with E-state index in [2.05, 4.69) is 10.1 Å². The fraction of sp³-hybridized carbons (Fsp3) is 0.500. The summed E-state index contributed by atoms with van der Waals surface area (Å²) in [5, 5.41) is 3.29. The van der Waals surface area contributed by atoms with Crippen LogP contribution in [-0.2, 0) is 0 Å². The van der Waals surface area contributed by atoms with Crippen LogP contribution in [-0.4, -0.2) is 42.6 Å². The number of carbonyl (C=O) groups excluding carboxylic acids is 1. The van der Waals surface area contributed by atoms with Gasteiger partial charge in [-0.05, 0) is 32.0 Å². The molecule has 2 atom stereocenters. The van der Waals surface area contributed by atoms with Crippen molar-refractivity contribution < 1.29 is 18.3 Å². The average Bonchev–Trinajstić information content (AvgIpc) is 2.40. The van der Waals surface area contributed by atoms with Gasteiger partial charge in [-0.1, -0.05) is 6.07 Å². The van der Waals surface area contributed by atoms with Crippen LogP contribution in [0, 0.1) is 0 Å². The van der Waals surface area contributed by atoms with E-state index >= 15 is 0 Å². The van der Waals surface area contributed by atoms with Gasteiger partial charge in [0.05, 0.1) is 0 Å². The summed E-state index contributed by atoms with van der Waals surface area (Å²) in [6, 6.07) is 6.20. The van der Waals surface area contributed by atoms with Gasteiger partial charge in [0.1, 0.15) is 5.75 Å². The fourth-order valence-corrected chi connectivity index (χ4v) is 2.28. The Morgan fingerprint density at radius 2 is 2.14 bits per heavy atom. The third kappa shape index (κ3) is 4.54. The van der Waals surface area contributed by atoms with Crippen LogP contribution in [0.2, 0.25) is 0 Å². The molecule has 1 aliphatic heterocycles. The van der Waals surface area contributed by atoms with E-state index in [4.69, 9.17) is 0 Å². The summed E-state index contributed by atoms with van der Waals surface area (Å²) in [5.74, 6) is -0.160. The number of nitrogens with one attached hydrogen (secondary N) is 1. The highest BCUT2D eigenvalue weighted by atomic mass is 35.5. The van der Waals surface area contributed by atoms with Crippen molar-refractivity contribution in [3.05, 3.63) is 29.8 Å². The maximum atomic E-state index is 12.4. The molecule has 1 N–H and O–H groups in total. The fourth-order valence-electron chi connectivity index (χ4n) is 2.28. The Labute approximate surface area is 128 Å². The number of nitrogens with zero attached hydrogens (tertiary/aromatic N) is 1. The van der Waals surface area contributed by atoms with Crippen molar-refractivity contribution in [2.45, 2.75) is 32.5 Å². The van der Waals surface area contributed by atoms with Gasteiger partial charge in [0, 0.05) is 30.7 Å². The number of carbonyl (C=O) groups is 1. The topological polar surface area (TPSA) is 41.6 Å². The van der Waals surface area contributed by atoms with Crippen LogP contribution in [0.1, 0.15) is 24.2 Å². The van der Waals surface area contributed by atoms with Crippen LogP contribution in [0.5, 0.6) is 5.75 Å². The van der Waals surface area contributed by atoms with Crippen LogP contribution < -0.4 is 10.1 Å². The molecule has 1 fully saturated rings. The molecule has 0 saturated carbocycles. The molecule has 0 spiro atoms. The first kappa shape index (κ1) is 17.7. The van der Waals surface area contributed by atoms with E-state index in [1.807, 2.05) is 13.8 Å². The normalized spacial score (nSPS) is 21.9. The summed E-state index contributed by atoms with van der Waals surface area (Å²) in [4.78, 5) is 14.2. The zero-order valence-electron chi connectivity index (χ0n) is 11.9. The van der Waals surface area contributed by atoms with E-state index in [1.54, 1.807) is 17.0 Å². The summed E-state index contributed by atoms with van der Waals surface area (Å²) in [6.07, 6.45) is 0. The molecule has 0 aliphatic carbocycles.